The fraction of sp³-hybridized carbons (Fsp3) is 0.643. The van der Waals surface area contributed by atoms with E-state index < -0.39 is 18.0 Å². The van der Waals surface area contributed by atoms with Gasteiger partial charge in [-0.1, -0.05) is 13.3 Å². The first kappa shape index (κ1) is 15.3. The lowest BCUT2D eigenvalue weighted by atomic mass is 10.0. The quantitative estimate of drug-likeness (QED) is 0.579. The summed E-state index contributed by atoms with van der Waals surface area (Å²) in [5, 5.41) is 14.5. The van der Waals surface area contributed by atoms with E-state index in [4.69, 9.17) is 5.11 Å². The lowest BCUT2D eigenvalue weighted by molar-refractivity contribution is -0.139. The Kier molecular flexibility index (Phi) is 4.82. The standard InChI is InChI=1S/C14H22N4O3/c1-2-3-14(4-5-14)8-16-13(21)18-11(12(19)20)6-10-7-15-9-17-10/h7,9,11H,2-6,8H2,1H3,(H,15,17)(H,19,20)(H2,16,18,21). The van der Waals surface area contributed by atoms with Crippen LogP contribution in [0.4, 0.5) is 4.79 Å². The Labute approximate surface area is 123 Å². The monoisotopic (exact) mass is 294 g/mol. The highest BCUT2D eigenvalue weighted by molar-refractivity contribution is 5.82. The number of hydrogen-bond donors (Lipinski definition) is 4. The maximum atomic E-state index is 11.9. The van der Waals surface area contributed by atoms with E-state index >= 15 is 0 Å². The van der Waals surface area contributed by atoms with Gasteiger partial charge in [0.2, 0.25) is 0 Å². The number of aliphatic carboxylic acids is 1. The molecule has 1 unspecified atom stereocenters. The van der Waals surface area contributed by atoms with Crippen LogP contribution < -0.4 is 10.6 Å². The van der Waals surface area contributed by atoms with Gasteiger partial charge in [-0.25, -0.2) is 14.6 Å². The van der Waals surface area contributed by atoms with E-state index in [2.05, 4.69) is 27.5 Å². The van der Waals surface area contributed by atoms with E-state index in [1.54, 1.807) is 6.20 Å². The Bertz CT molecular complexity index is 482. The molecule has 1 heterocycles. The topological polar surface area (TPSA) is 107 Å². The summed E-state index contributed by atoms with van der Waals surface area (Å²) in [5.41, 5.74) is 0.918. The number of urea groups is 1. The summed E-state index contributed by atoms with van der Waals surface area (Å²) in [7, 11) is 0. The average Bonchev–Trinajstić information content (AvgIpc) is 3.01. The smallest absolute Gasteiger partial charge is 0.326 e. The number of carboxylic acid groups (broad SMARTS) is 1. The van der Waals surface area contributed by atoms with E-state index in [1.807, 2.05) is 0 Å². The van der Waals surface area contributed by atoms with Crippen molar-refractivity contribution in [2.75, 3.05) is 6.54 Å². The lowest BCUT2D eigenvalue weighted by Gasteiger charge is -2.18. The van der Waals surface area contributed by atoms with Gasteiger partial charge in [0.1, 0.15) is 6.04 Å². The molecule has 7 heteroatoms. The molecule has 1 aromatic heterocycles. The van der Waals surface area contributed by atoms with Gasteiger partial charge >= 0.3 is 12.0 Å². The third kappa shape index (κ3) is 4.47. The molecule has 21 heavy (non-hydrogen) atoms. The van der Waals surface area contributed by atoms with Crippen molar-refractivity contribution in [3.63, 3.8) is 0 Å². The summed E-state index contributed by atoms with van der Waals surface area (Å²) >= 11 is 0. The Morgan fingerprint density at radius 3 is 2.81 bits per heavy atom. The Morgan fingerprint density at radius 2 is 2.29 bits per heavy atom. The van der Waals surface area contributed by atoms with Crippen LogP contribution in [0.5, 0.6) is 0 Å². The van der Waals surface area contributed by atoms with Crippen molar-refractivity contribution in [3.8, 4) is 0 Å². The fourth-order valence-corrected chi connectivity index (χ4v) is 2.52. The van der Waals surface area contributed by atoms with Gasteiger partial charge in [-0.3, -0.25) is 0 Å². The molecular formula is C14H22N4O3. The number of carbonyl (C=O) groups excluding carboxylic acids is 1. The number of carbonyl (C=O) groups is 2. The highest BCUT2D eigenvalue weighted by atomic mass is 16.4. The van der Waals surface area contributed by atoms with Crippen LogP contribution in [0.1, 0.15) is 38.3 Å². The molecule has 1 aromatic rings. The van der Waals surface area contributed by atoms with Crippen LogP contribution >= 0.6 is 0 Å². The van der Waals surface area contributed by atoms with Crippen LogP contribution in [0.3, 0.4) is 0 Å². The molecular weight excluding hydrogens is 272 g/mol. The van der Waals surface area contributed by atoms with Crippen molar-refractivity contribution in [1.82, 2.24) is 20.6 Å². The normalized spacial score (nSPS) is 17.0. The molecule has 1 fully saturated rings. The second-order valence-corrected chi connectivity index (χ2v) is 5.75. The number of carboxylic acids is 1. The molecule has 2 rings (SSSR count). The van der Waals surface area contributed by atoms with Crippen molar-refractivity contribution in [3.05, 3.63) is 18.2 Å². The average molecular weight is 294 g/mol. The van der Waals surface area contributed by atoms with Crippen LogP contribution in [0.2, 0.25) is 0 Å². The number of H-pyrrole nitrogens is 1. The molecule has 1 atom stereocenters. The summed E-state index contributed by atoms with van der Waals surface area (Å²) in [5.74, 6) is -1.06. The minimum absolute atomic E-state index is 0.183. The van der Waals surface area contributed by atoms with Crippen LogP contribution in [0.25, 0.3) is 0 Å². The first-order chi connectivity index (χ1) is 10.0. The summed E-state index contributed by atoms with van der Waals surface area (Å²) in [6, 6.07) is -1.39. The van der Waals surface area contributed by atoms with Crippen LogP contribution in [0, 0.1) is 5.41 Å². The molecule has 1 aliphatic rings. The van der Waals surface area contributed by atoms with Gasteiger partial charge in [-0.05, 0) is 24.7 Å². The number of nitrogens with zero attached hydrogens (tertiary/aromatic N) is 1. The number of hydrogen-bond acceptors (Lipinski definition) is 3. The third-order valence-corrected chi connectivity index (χ3v) is 3.94. The fourth-order valence-electron chi connectivity index (χ4n) is 2.52. The highest BCUT2D eigenvalue weighted by Crippen LogP contribution is 2.48. The Balaban J connectivity index is 1.80. The van der Waals surface area contributed by atoms with Gasteiger partial charge in [-0.2, -0.15) is 0 Å². The Morgan fingerprint density at radius 1 is 1.52 bits per heavy atom. The minimum atomic E-state index is -1.06. The number of rotatable bonds is 8. The van der Waals surface area contributed by atoms with E-state index in [9.17, 15) is 9.59 Å². The lowest BCUT2D eigenvalue weighted by Crippen LogP contribution is -2.48. The number of amides is 2. The van der Waals surface area contributed by atoms with Crippen LogP contribution in [0.15, 0.2) is 12.5 Å². The van der Waals surface area contributed by atoms with Crippen molar-refractivity contribution >= 4 is 12.0 Å². The van der Waals surface area contributed by atoms with E-state index in [0.29, 0.717) is 12.2 Å². The van der Waals surface area contributed by atoms with Gasteiger partial charge in [-0.15, -0.1) is 0 Å². The molecule has 0 bridgehead atoms. The zero-order chi connectivity index (χ0) is 15.3. The molecule has 0 saturated heterocycles. The molecule has 2 amide bonds. The summed E-state index contributed by atoms with van der Waals surface area (Å²) < 4.78 is 0. The van der Waals surface area contributed by atoms with Crippen molar-refractivity contribution < 1.29 is 14.7 Å². The molecule has 7 nitrogen and oxygen atoms in total. The first-order valence-corrected chi connectivity index (χ1v) is 7.29. The van der Waals surface area contributed by atoms with Gasteiger partial charge in [0.25, 0.3) is 0 Å². The summed E-state index contributed by atoms with van der Waals surface area (Å²) in [4.78, 5) is 29.7. The SMILES string of the molecule is CCCC1(CNC(=O)NC(Cc2cnc[nH]2)C(=O)O)CC1. The highest BCUT2D eigenvalue weighted by Gasteiger charge is 2.41. The molecule has 0 aliphatic heterocycles. The van der Waals surface area contributed by atoms with Crippen molar-refractivity contribution in [1.29, 1.82) is 0 Å². The minimum Gasteiger partial charge on any atom is -0.480 e. The molecule has 1 saturated carbocycles. The zero-order valence-corrected chi connectivity index (χ0v) is 12.2. The van der Waals surface area contributed by atoms with E-state index in [1.165, 1.54) is 6.33 Å². The summed E-state index contributed by atoms with van der Waals surface area (Å²) in [6.07, 6.45) is 7.69. The molecule has 0 aromatic carbocycles. The predicted octanol–water partition coefficient (Wildman–Crippen LogP) is 1.28. The molecule has 1 aliphatic carbocycles. The molecule has 4 N–H and O–H groups in total. The maximum absolute atomic E-state index is 11.9. The van der Waals surface area contributed by atoms with Gasteiger partial charge in [0, 0.05) is 24.9 Å². The molecule has 0 spiro atoms. The number of aromatic amines is 1. The van der Waals surface area contributed by atoms with E-state index in [-0.39, 0.29) is 11.8 Å². The second kappa shape index (κ2) is 6.60. The van der Waals surface area contributed by atoms with E-state index in [0.717, 1.165) is 25.7 Å². The van der Waals surface area contributed by atoms with Gasteiger partial charge < -0.3 is 20.7 Å². The van der Waals surface area contributed by atoms with Gasteiger partial charge in [0.15, 0.2) is 0 Å². The predicted molar refractivity (Wildman–Crippen MR) is 76.8 cm³/mol. The molecule has 0 radical (unpaired) electrons. The second-order valence-electron chi connectivity index (χ2n) is 5.75. The maximum Gasteiger partial charge on any atom is 0.326 e. The largest absolute Gasteiger partial charge is 0.480 e. The first-order valence-electron chi connectivity index (χ1n) is 7.29. The van der Waals surface area contributed by atoms with Crippen molar-refractivity contribution in [2.45, 2.75) is 45.1 Å². The Hall–Kier alpha value is -2.05. The molecule has 116 valence electrons. The van der Waals surface area contributed by atoms with Crippen LogP contribution in [-0.4, -0.2) is 39.7 Å². The van der Waals surface area contributed by atoms with Crippen molar-refractivity contribution in [2.24, 2.45) is 5.41 Å². The third-order valence-electron chi connectivity index (χ3n) is 3.94. The summed E-state index contributed by atoms with van der Waals surface area (Å²) in [6.45, 7) is 2.74. The van der Waals surface area contributed by atoms with Crippen LogP contribution in [-0.2, 0) is 11.2 Å². The number of nitrogens with one attached hydrogen (secondary N) is 3. The van der Waals surface area contributed by atoms with Gasteiger partial charge in [0.05, 0.1) is 6.33 Å². The number of aromatic nitrogens is 2. The number of imidazole rings is 1. The zero-order valence-electron chi connectivity index (χ0n) is 12.2.